The molecule has 2 rings (SSSR count). The van der Waals surface area contributed by atoms with Crippen molar-refractivity contribution in [3.05, 3.63) is 53.8 Å². The molecule has 0 bridgehead atoms. The molecule has 0 aliphatic carbocycles. The molecular formula is C14H17N3O. The first-order chi connectivity index (χ1) is 8.70. The molecule has 1 aromatic carbocycles. The summed E-state index contributed by atoms with van der Waals surface area (Å²) in [4.78, 5) is 0. The Morgan fingerprint density at radius 2 is 2.22 bits per heavy atom. The fourth-order valence-corrected chi connectivity index (χ4v) is 1.76. The Bertz CT molecular complexity index is 518. The number of hydrogen-bond donors (Lipinski definition) is 3. The van der Waals surface area contributed by atoms with Gasteiger partial charge in [0.15, 0.2) is 0 Å². The Morgan fingerprint density at radius 3 is 2.83 bits per heavy atom. The highest BCUT2D eigenvalue weighted by molar-refractivity contribution is 6.09. The monoisotopic (exact) mass is 243 g/mol. The van der Waals surface area contributed by atoms with Gasteiger partial charge in [-0.05, 0) is 36.8 Å². The Kier molecular flexibility index (Phi) is 3.79. The number of anilines is 1. The van der Waals surface area contributed by atoms with E-state index in [2.05, 4.69) is 28.5 Å². The van der Waals surface area contributed by atoms with Crippen LogP contribution >= 0.6 is 0 Å². The summed E-state index contributed by atoms with van der Waals surface area (Å²) in [5.74, 6) is 0. The molecule has 0 saturated heterocycles. The highest BCUT2D eigenvalue weighted by atomic mass is 16.3. The van der Waals surface area contributed by atoms with Crippen LogP contribution in [0.2, 0.25) is 0 Å². The molecule has 0 aromatic heterocycles. The van der Waals surface area contributed by atoms with Gasteiger partial charge in [-0.1, -0.05) is 12.6 Å². The first kappa shape index (κ1) is 12.4. The van der Waals surface area contributed by atoms with Crippen molar-refractivity contribution in [3.8, 4) is 0 Å². The summed E-state index contributed by atoms with van der Waals surface area (Å²) in [6, 6.07) is 6.07. The van der Waals surface area contributed by atoms with Crippen LogP contribution in [0.1, 0.15) is 11.1 Å². The molecule has 1 aliphatic heterocycles. The number of rotatable bonds is 4. The van der Waals surface area contributed by atoms with E-state index in [-0.39, 0.29) is 6.61 Å². The van der Waals surface area contributed by atoms with E-state index in [4.69, 9.17) is 5.11 Å². The Hall–Kier alpha value is -2.07. The predicted molar refractivity (Wildman–Crippen MR) is 74.7 cm³/mol. The minimum absolute atomic E-state index is 0.128. The van der Waals surface area contributed by atoms with Gasteiger partial charge in [-0.2, -0.15) is 5.10 Å². The number of aliphatic hydroxyl groups excluding tert-OH is 1. The average Bonchev–Trinajstić information content (AvgIpc) is 2.38. The first-order valence-electron chi connectivity index (χ1n) is 5.87. The number of aliphatic hydroxyl groups is 1. The SMILES string of the molecule is C=C1C=CC(c2ccc(NCCO)c(C)c2)=NN1. The third-order valence-electron chi connectivity index (χ3n) is 2.71. The first-order valence-corrected chi connectivity index (χ1v) is 5.87. The lowest BCUT2D eigenvalue weighted by Gasteiger charge is -2.12. The van der Waals surface area contributed by atoms with Gasteiger partial charge < -0.3 is 10.4 Å². The zero-order valence-corrected chi connectivity index (χ0v) is 10.4. The number of aryl methyl sites for hydroxylation is 1. The van der Waals surface area contributed by atoms with Gasteiger partial charge in [0.25, 0.3) is 0 Å². The van der Waals surface area contributed by atoms with E-state index >= 15 is 0 Å². The van der Waals surface area contributed by atoms with Crippen molar-refractivity contribution in [1.82, 2.24) is 5.43 Å². The molecule has 0 spiro atoms. The van der Waals surface area contributed by atoms with Crippen molar-refractivity contribution in [3.63, 3.8) is 0 Å². The molecule has 1 heterocycles. The van der Waals surface area contributed by atoms with Crippen LogP contribution in [0.5, 0.6) is 0 Å². The number of allylic oxidation sites excluding steroid dienone is 2. The van der Waals surface area contributed by atoms with Gasteiger partial charge in [0.05, 0.1) is 12.3 Å². The fourth-order valence-electron chi connectivity index (χ4n) is 1.76. The zero-order chi connectivity index (χ0) is 13.0. The Balaban J connectivity index is 2.19. The summed E-state index contributed by atoms with van der Waals surface area (Å²) in [6.45, 7) is 6.49. The maximum Gasteiger partial charge on any atom is 0.0906 e. The largest absolute Gasteiger partial charge is 0.395 e. The van der Waals surface area contributed by atoms with Gasteiger partial charge >= 0.3 is 0 Å². The maximum atomic E-state index is 8.79. The van der Waals surface area contributed by atoms with Crippen LogP contribution in [0, 0.1) is 6.92 Å². The van der Waals surface area contributed by atoms with Crippen LogP contribution in [0.25, 0.3) is 0 Å². The molecule has 0 atom stereocenters. The van der Waals surface area contributed by atoms with E-state index < -0.39 is 0 Å². The lowest BCUT2D eigenvalue weighted by Crippen LogP contribution is -2.13. The van der Waals surface area contributed by atoms with Crippen LogP contribution in [-0.4, -0.2) is 24.0 Å². The van der Waals surface area contributed by atoms with Gasteiger partial charge in [-0.25, -0.2) is 0 Å². The summed E-state index contributed by atoms with van der Waals surface area (Å²) in [5.41, 5.74) is 7.75. The zero-order valence-electron chi connectivity index (χ0n) is 10.4. The summed E-state index contributed by atoms with van der Waals surface area (Å²) in [5, 5.41) is 16.2. The predicted octanol–water partition coefficient (Wildman–Crippen LogP) is 1.78. The van der Waals surface area contributed by atoms with Crippen LogP contribution in [0.3, 0.4) is 0 Å². The normalized spacial score (nSPS) is 14.1. The third kappa shape index (κ3) is 2.78. The second-order valence-electron chi connectivity index (χ2n) is 4.15. The fraction of sp³-hybridized carbons (Fsp3) is 0.214. The lowest BCUT2D eigenvalue weighted by molar-refractivity contribution is 0.311. The van der Waals surface area contributed by atoms with E-state index in [1.165, 1.54) is 0 Å². The van der Waals surface area contributed by atoms with Crippen LogP contribution < -0.4 is 10.7 Å². The smallest absolute Gasteiger partial charge is 0.0906 e. The number of hydrogen-bond acceptors (Lipinski definition) is 4. The van der Waals surface area contributed by atoms with Crippen molar-refractivity contribution < 1.29 is 5.11 Å². The minimum atomic E-state index is 0.128. The molecule has 0 unspecified atom stereocenters. The van der Waals surface area contributed by atoms with Crippen molar-refractivity contribution >= 4 is 11.4 Å². The molecule has 0 saturated carbocycles. The molecule has 3 N–H and O–H groups in total. The van der Waals surface area contributed by atoms with Crippen LogP contribution in [0.15, 0.2) is 47.7 Å². The maximum absolute atomic E-state index is 8.79. The van der Waals surface area contributed by atoms with Crippen LogP contribution in [-0.2, 0) is 0 Å². The van der Waals surface area contributed by atoms with Gasteiger partial charge in [0.2, 0.25) is 0 Å². The Morgan fingerprint density at radius 1 is 1.39 bits per heavy atom. The van der Waals surface area contributed by atoms with E-state index in [0.717, 1.165) is 28.2 Å². The van der Waals surface area contributed by atoms with E-state index in [0.29, 0.717) is 6.54 Å². The van der Waals surface area contributed by atoms with Crippen molar-refractivity contribution in [1.29, 1.82) is 0 Å². The van der Waals surface area contributed by atoms with E-state index in [1.54, 1.807) is 0 Å². The molecule has 0 radical (unpaired) electrons. The van der Waals surface area contributed by atoms with Crippen molar-refractivity contribution in [2.45, 2.75) is 6.92 Å². The second kappa shape index (κ2) is 5.51. The second-order valence-corrected chi connectivity index (χ2v) is 4.15. The van der Waals surface area contributed by atoms with Gasteiger partial charge in [0, 0.05) is 23.5 Å². The highest BCUT2D eigenvalue weighted by Gasteiger charge is 2.06. The molecular weight excluding hydrogens is 226 g/mol. The van der Waals surface area contributed by atoms with E-state index in [1.807, 2.05) is 31.2 Å². The lowest BCUT2D eigenvalue weighted by atomic mass is 10.0. The summed E-state index contributed by atoms with van der Waals surface area (Å²) >= 11 is 0. The Labute approximate surface area is 107 Å². The quantitative estimate of drug-likeness (QED) is 0.755. The minimum Gasteiger partial charge on any atom is -0.395 e. The molecule has 18 heavy (non-hydrogen) atoms. The van der Waals surface area contributed by atoms with Crippen LogP contribution in [0.4, 0.5) is 5.69 Å². The summed E-state index contributed by atoms with van der Waals surface area (Å²) < 4.78 is 0. The summed E-state index contributed by atoms with van der Waals surface area (Å²) in [6.07, 6.45) is 3.84. The molecule has 0 amide bonds. The molecule has 94 valence electrons. The number of benzene rings is 1. The molecule has 4 nitrogen and oxygen atoms in total. The van der Waals surface area contributed by atoms with Gasteiger partial charge in [-0.15, -0.1) is 0 Å². The number of nitrogens with one attached hydrogen (secondary N) is 2. The molecule has 1 aliphatic rings. The van der Waals surface area contributed by atoms with Crippen molar-refractivity contribution in [2.75, 3.05) is 18.5 Å². The molecule has 1 aromatic rings. The average molecular weight is 243 g/mol. The van der Waals surface area contributed by atoms with Gasteiger partial charge in [-0.3, -0.25) is 5.43 Å². The molecule has 4 heteroatoms. The number of nitrogens with zero attached hydrogens (tertiary/aromatic N) is 1. The highest BCUT2D eigenvalue weighted by Crippen LogP contribution is 2.18. The van der Waals surface area contributed by atoms with Gasteiger partial charge in [0.1, 0.15) is 0 Å². The third-order valence-corrected chi connectivity index (χ3v) is 2.71. The number of hydrazone groups is 1. The van der Waals surface area contributed by atoms with Crippen molar-refractivity contribution in [2.24, 2.45) is 5.10 Å². The summed E-state index contributed by atoms with van der Waals surface area (Å²) in [7, 11) is 0. The standard InChI is InChI=1S/C14H17N3O/c1-10-9-12(4-6-13(10)15-7-8-18)14-5-3-11(2)16-17-14/h3-6,9,15-16,18H,2,7-8H2,1H3. The molecule has 0 fully saturated rings. The van der Waals surface area contributed by atoms with E-state index in [9.17, 15) is 0 Å². The topological polar surface area (TPSA) is 56.6 Å².